The lowest BCUT2D eigenvalue weighted by Crippen LogP contribution is -2.63. The van der Waals surface area contributed by atoms with Crippen molar-refractivity contribution >= 4 is 23.9 Å². The molecule has 0 saturated heterocycles. The van der Waals surface area contributed by atoms with Gasteiger partial charge in [-0.05, 0) is 55.7 Å². The van der Waals surface area contributed by atoms with Crippen molar-refractivity contribution in [3.05, 3.63) is 47.3 Å². The molecular formula is C22H23N3O4. The molecule has 0 N–H and O–H groups in total. The smallest absolute Gasteiger partial charge is 0.342 e. The number of carbonyl (C=O) groups is 3. The van der Waals surface area contributed by atoms with Gasteiger partial charge in [0.25, 0.3) is 5.91 Å². The van der Waals surface area contributed by atoms with Crippen LogP contribution < -0.4 is 4.90 Å². The van der Waals surface area contributed by atoms with Gasteiger partial charge in [-0.3, -0.25) is 9.48 Å². The number of rotatable bonds is 6. The van der Waals surface area contributed by atoms with E-state index in [0.29, 0.717) is 18.5 Å². The van der Waals surface area contributed by atoms with Crippen molar-refractivity contribution in [1.29, 1.82) is 0 Å². The Hall–Kier alpha value is -2.96. The summed E-state index contributed by atoms with van der Waals surface area (Å²) in [4.78, 5) is 38.0. The molecule has 2 heterocycles. The minimum Gasteiger partial charge on any atom is -0.462 e. The zero-order valence-electron chi connectivity index (χ0n) is 16.4. The molecule has 2 bridgehead atoms. The molecule has 0 atom stereocenters. The summed E-state index contributed by atoms with van der Waals surface area (Å²) in [6.07, 6.45) is 6.56. The van der Waals surface area contributed by atoms with Crippen LogP contribution in [0.1, 0.15) is 52.6 Å². The highest BCUT2D eigenvalue weighted by atomic mass is 16.5. The summed E-state index contributed by atoms with van der Waals surface area (Å²) in [5.74, 6) is -0.761. The molecule has 2 aromatic rings. The fourth-order valence-corrected chi connectivity index (χ4v) is 5.43. The Bertz CT molecular complexity index is 988. The number of esters is 1. The second-order valence-electron chi connectivity index (χ2n) is 8.66. The van der Waals surface area contributed by atoms with E-state index in [1.165, 1.54) is 11.8 Å². The highest BCUT2D eigenvalue weighted by Gasteiger charge is 2.67. The minimum absolute atomic E-state index is 0.0141. The van der Waals surface area contributed by atoms with Crippen LogP contribution in [-0.4, -0.2) is 41.1 Å². The fraction of sp³-hybridized carbons (Fsp3) is 0.455. The van der Waals surface area contributed by atoms with Crippen molar-refractivity contribution < 1.29 is 19.1 Å². The van der Waals surface area contributed by atoms with Crippen molar-refractivity contribution in [2.75, 3.05) is 18.1 Å². The third-order valence-electron chi connectivity index (χ3n) is 6.58. The van der Waals surface area contributed by atoms with Crippen LogP contribution >= 0.6 is 0 Å². The van der Waals surface area contributed by atoms with Crippen molar-refractivity contribution in [3.8, 4) is 0 Å². The average molecular weight is 393 g/mol. The topological polar surface area (TPSA) is 81.5 Å². The number of hydrogen-bond acceptors (Lipinski definition) is 5. The number of aromatic nitrogens is 2. The van der Waals surface area contributed by atoms with Crippen LogP contribution in [0.4, 0.5) is 5.69 Å². The Morgan fingerprint density at radius 3 is 2.59 bits per heavy atom. The van der Waals surface area contributed by atoms with Crippen molar-refractivity contribution in [1.82, 2.24) is 9.78 Å². The molecular weight excluding hydrogens is 370 g/mol. The van der Waals surface area contributed by atoms with Gasteiger partial charge in [-0.15, -0.1) is 0 Å². The summed E-state index contributed by atoms with van der Waals surface area (Å²) in [5, 5.41) is 4.17. The number of anilines is 1. The third kappa shape index (κ3) is 2.71. The summed E-state index contributed by atoms with van der Waals surface area (Å²) in [6, 6.07) is 8.05. The minimum atomic E-state index is -0.522. The van der Waals surface area contributed by atoms with Gasteiger partial charge in [-0.2, -0.15) is 5.10 Å². The van der Waals surface area contributed by atoms with Gasteiger partial charge in [-0.1, -0.05) is 12.1 Å². The molecule has 1 aliphatic heterocycles. The average Bonchev–Trinajstić information content (AvgIpc) is 3.10. The number of amides is 1. The summed E-state index contributed by atoms with van der Waals surface area (Å²) in [5.41, 5.74) is 2.83. The van der Waals surface area contributed by atoms with E-state index in [0.717, 1.165) is 37.7 Å². The van der Waals surface area contributed by atoms with E-state index in [1.807, 2.05) is 12.1 Å². The van der Waals surface area contributed by atoms with E-state index in [2.05, 4.69) is 17.2 Å². The maximum Gasteiger partial charge on any atom is 0.342 e. The van der Waals surface area contributed by atoms with E-state index in [1.54, 1.807) is 16.5 Å². The first-order valence-corrected chi connectivity index (χ1v) is 10.1. The quantitative estimate of drug-likeness (QED) is 0.557. The van der Waals surface area contributed by atoms with Crippen molar-refractivity contribution in [2.45, 2.75) is 39.2 Å². The van der Waals surface area contributed by atoms with Crippen LogP contribution in [0, 0.1) is 10.8 Å². The van der Waals surface area contributed by atoms with E-state index in [9.17, 15) is 14.4 Å². The third-order valence-corrected chi connectivity index (χ3v) is 6.58. The second-order valence-corrected chi connectivity index (χ2v) is 8.66. The highest BCUT2D eigenvalue weighted by Crippen LogP contribution is 2.73. The lowest BCUT2D eigenvalue weighted by molar-refractivity contribution is -0.193. The van der Waals surface area contributed by atoms with E-state index in [4.69, 9.17) is 4.74 Å². The van der Waals surface area contributed by atoms with Crippen LogP contribution in [0.3, 0.4) is 0 Å². The molecule has 1 aromatic carbocycles. The zero-order valence-corrected chi connectivity index (χ0v) is 16.4. The number of ether oxygens (including phenoxy) is 1. The normalized spacial score (nSPS) is 26.9. The van der Waals surface area contributed by atoms with E-state index >= 15 is 0 Å². The molecule has 3 fully saturated rings. The van der Waals surface area contributed by atoms with Gasteiger partial charge in [0.15, 0.2) is 0 Å². The summed E-state index contributed by atoms with van der Waals surface area (Å²) in [6.45, 7) is 3.01. The molecule has 3 aliphatic carbocycles. The van der Waals surface area contributed by atoms with Crippen molar-refractivity contribution in [3.63, 3.8) is 0 Å². The number of nitrogens with zero attached hydrogens (tertiary/aromatic N) is 3. The number of hydrogen-bond donors (Lipinski definition) is 0. The van der Waals surface area contributed by atoms with E-state index in [-0.39, 0.29) is 29.2 Å². The van der Waals surface area contributed by atoms with Crippen molar-refractivity contribution in [2.24, 2.45) is 10.8 Å². The molecule has 3 saturated carbocycles. The number of carbonyl (C=O) groups excluding carboxylic acids is 3. The molecule has 0 spiro atoms. The number of benzene rings is 1. The predicted octanol–water partition coefficient (Wildman–Crippen LogP) is 2.63. The zero-order chi connectivity index (χ0) is 20.2. The SMILES string of the molecule is CCOC(=O)c1cnn2c1C(=O)N(c1ccc(CC34CC(C=O)(C3)C4)cc1)CC2. The van der Waals surface area contributed by atoms with Gasteiger partial charge in [0.1, 0.15) is 17.5 Å². The Kier molecular flexibility index (Phi) is 3.91. The van der Waals surface area contributed by atoms with Crippen LogP contribution in [0.2, 0.25) is 0 Å². The Morgan fingerprint density at radius 2 is 1.93 bits per heavy atom. The first-order chi connectivity index (χ1) is 14.0. The van der Waals surface area contributed by atoms with Crippen LogP contribution in [-0.2, 0) is 22.5 Å². The largest absolute Gasteiger partial charge is 0.462 e. The maximum atomic E-state index is 13.1. The van der Waals surface area contributed by atoms with Gasteiger partial charge in [-0.25, -0.2) is 4.79 Å². The molecule has 29 heavy (non-hydrogen) atoms. The second kappa shape index (κ2) is 6.27. The molecule has 7 heteroatoms. The van der Waals surface area contributed by atoms with Crippen LogP contribution in [0.5, 0.6) is 0 Å². The van der Waals surface area contributed by atoms with Crippen LogP contribution in [0.15, 0.2) is 30.5 Å². The molecule has 6 rings (SSSR count). The Morgan fingerprint density at radius 1 is 1.21 bits per heavy atom. The lowest BCUT2D eigenvalue weighted by atomic mass is 9.34. The molecule has 4 aliphatic rings. The molecule has 0 radical (unpaired) electrons. The summed E-state index contributed by atoms with van der Waals surface area (Å²) < 4.78 is 6.63. The van der Waals surface area contributed by atoms with Gasteiger partial charge in [0.05, 0.1) is 19.3 Å². The Labute approximate surface area is 168 Å². The summed E-state index contributed by atoms with van der Waals surface area (Å²) in [7, 11) is 0. The molecule has 1 aromatic heterocycles. The molecule has 7 nitrogen and oxygen atoms in total. The van der Waals surface area contributed by atoms with Gasteiger partial charge < -0.3 is 14.4 Å². The fourth-order valence-electron chi connectivity index (χ4n) is 5.43. The van der Waals surface area contributed by atoms with Gasteiger partial charge in [0, 0.05) is 17.6 Å². The number of aldehydes is 1. The monoisotopic (exact) mass is 393 g/mol. The van der Waals surface area contributed by atoms with Crippen LogP contribution in [0.25, 0.3) is 0 Å². The highest BCUT2D eigenvalue weighted by molar-refractivity contribution is 6.11. The molecule has 150 valence electrons. The Balaban J connectivity index is 1.32. The van der Waals surface area contributed by atoms with Gasteiger partial charge >= 0.3 is 5.97 Å². The lowest BCUT2D eigenvalue weighted by Gasteiger charge is -2.68. The number of fused-ring (bicyclic) bond motifs is 1. The summed E-state index contributed by atoms with van der Waals surface area (Å²) >= 11 is 0. The standard InChI is InChI=1S/C22H23N3O4/c1-2-29-20(28)17-10-23-25-8-7-24(19(27)18(17)25)16-5-3-15(4-6-16)9-21-11-22(12-21,13-21)14-26/h3-6,10,14H,2,7-9,11-13H2,1H3. The van der Waals surface area contributed by atoms with Gasteiger partial charge in [0.2, 0.25) is 0 Å². The first-order valence-electron chi connectivity index (χ1n) is 10.1. The maximum absolute atomic E-state index is 13.1. The molecule has 0 unspecified atom stereocenters. The predicted molar refractivity (Wildman–Crippen MR) is 105 cm³/mol. The first kappa shape index (κ1) is 18.1. The molecule has 1 amide bonds. The van der Waals surface area contributed by atoms with E-state index < -0.39 is 5.97 Å².